The molecule has 0 radical (unpaired) electrons. The lowest BCUT2D eigenvalue weighted by Gasteiger charge is -2.13. The zero-order valence-corrected chi connectivity index (χ0v) is 19.0. The number of fused-ring (bicyclic) bond motifs is 1. The third kappa shape index (κ3) is 3.73. The maximum atomic E-state index is 14.9. The van der Waals surface area contributed by atoms with Gasteiger partial charge in [0.05, 0.1) is 30.3 Å². The fourth-order valence-corrected chi connectivity index (χ4v) is 4.48. The van der Waals surface area contributed by atoms with Gasteiger partial charge in [-0.25, -0.2) is 17.8 Å². The summed E-state index contributed by atoms with van der Waals surface area (Å²) in [5, 5.41) is 8.33. The number of nitrogens with zero attached hydrogens (tertiary/aromatic N) is 4. The molecule has 0 fully saturated rings. The van der Waals surface area contributed by atoms with E-state index in [0.717, 1.165) is 5.56 Å². The van der Waals surface area contributed by atoms with Crippen LogP contribution in [0.2, 0.25) is 0 Å². The van der Waals surface area contributed by atoms with Crippen LogP contribution >= 0.6 is 0 Å². The van der Waals surface area contributed by atoms with Gasteiger partial charge in [-0.05, 0) is 49.7 Å². The van der Waals surface area contributed by atoms with Gasteiger partial charge >= 0.3 is 0 Å². The van der Waals surface area contributed by atoms with E-state index in [0.29, 0.717) is 22.3 Å². The molecule has 0 saturated carbocycles. The summed E-state index contributed by atoms with van der Waals surface area (Å²) in [6.45, 7) is 5.63. The molecule has 0 aliphatic rings. The Morgan fingerprint density at radius 1 is 1.09 bits per heavy atom. The second-order valence-electron chi connectivity index (χ2n) is 7.64. The minimum absolute atomic E-state index is 0.0343. The molecule has 0 spiro atoms. The molecule has 0 N–H and O–H groups in total. The molecule has 0 amide bonds. The third-order valence-corrected chi connectivity index (χ3v) is 7.13. The fraction of sp³-hybridized carbons (Fsp3) is 0.261. The zero-order chi connectivity index (χ0) is 23.0. The lowest BCUT2D eigenvalue weighted by Crippen LogP contribution is -2.04. The molecule has 0 bridgehead atoms. The Labute approximate surface area is 185 Å². The minimum atomic E-state index is -3.42. The molecule has 2 heterocycles. The summed E-state index contributed by atoms with van der Waals surface area (Å²) in [6, 6.07) is 9.34. The normalized spacial score (nSPS) is 11.9. The van der Waals surface area contributed by atoms with Crippen molar-refractivity contribution in [1.82, 2.24) is 19.7 Å². The van der Waals surface area contributed by atoms with Crippen molar-refractivity contribution in [3.05, 3.63) is 54.7 Å². The van der Waals surface area contributed by atoms with Crippen molar-refractivity contribution in [1.29, 1.82) is 0 Å². The van der Waals surface area contributed by atoms with Crippen LogP contribution in [0.1, 0.15) is 26.8 Å². The first-order valence-corrected chi connectivity index (χ1v) is 11.8. The monoisotopic (exact) mass is 454 g/mol. The summed E-state index contributed by atoms with van der Waals surface area (Å²) in [5.74, 6) is -0.213. The van der Waals surface area contributed by atoms with Crippen molar-refractivity contribution in [2.75, 3.05) is 12.9 Å². The Morgan fingerprint density at radius 2 is 1.88 bits per heavy atom. The molecular weight excluding hydrogens is 431 g/mol. The molecule has 2 aromatic carbocycles. The number of imidazole rings is 1. The molecule has 0 aliphatic heterocycles. The highest BCUT2D eigenvalue weighted by Crippen LogP contribution is 2.37. The van der Waals surface area contributed by atoms with E-state index in [-0.39, 0.29) is 28.0 Å². The van der Waals surface area contributed by atoms with Gasteiger partial charge < -0.3 is 9.30 Å². The van der Waals surface area contributed by atoms with E-state index in [9.17, 15) is 12.8 Å². The van der Waals surface area contributed by atoms with E-state index >= 15 is 0 Å². The van der Waals surface area contributed by atoms with E-state index < -0.39 is 15.7 Å². The Kier molecular flexibility index (Phi) is 5.68. The van der Waals surface area contributed by atoms with Crippen LogP contribution in [0, 0.1) is 5.82 Å². The molecule has 0 unspecified atom stereocenters. The molecular formula is C23H23FN4O3S. The maximum Gasteiger partial charge on any atom is 0.183 e. The molecule has 2 aromatic heterocycles. The highest BCUT2D eigenvalue weighted by Gasteiger charge is 2.19. The Morgan fingerprint density at radius 3 is 2.56 bits per heavy atom. The summed E-state index contributed by atoms with van der Waals surface area (Å²) < 4.78 is 46.7. The van der Waals surface area contributed by atoms with E-state index in [2.05, 4.69) is 15.2 Å². The Hall–Kier alpha value is -3.33. The van der Waals surface area contributed by atoms with E-state index in [1.165, 1.54) is 25.3 Å². The zero-order valence-electron chi connectivity index (χ0n) is 18.2. The third-order valence-electron chi connectivity index (χ3n) is 5.40. The van der Waals surface area contributed by atoms with Gasteiger partial charge in [-0.15, -0.1) is 5.10 Å². The van der Waals surface area contributed by atoms with Crippen LogP contribution in [0.25, 0.3) is 33.4 Å². The van der Waals surface area contributed by atoms with Crippen LogP contribution in [-0.2, 0) is 9.84 Å². The number of aromatic nitrogens is 4. The molecule has 4 rings (SSSR count). The fourth-order valence-electron chi connectivity index (χ4n) is 3.59. The Bertz CT molecular complexity index is 1410. The maximum absolute atomic E-state index is 14.9. The summed E-state index contributed by atoms with van der Waals surface area (Å²) in [5.41, 5.74) is 3.49. The quantitative estimate of drug-likeness (QED) is 0.420. The number of benzene rings is 2. The van der Waals surface area contributed by atoms with Gasteiger partial charge in [-0.1, -0.05) is 13.0 Å². The number of hydrogen-bond acceptors (Lipinski definition) is 6. The second kappa shape index (κ2) is 8.31. The molecule has 32 heavy (non-hydrogen) atoms. The van der Waals surface area contributed by atoms with Crippen molar-refractivity contribution in [2.45, 2.75) is 31.7 Å². The smallest absolute Gasteiger partial charge is 0.183 e. The first-order valence-electron chi connectivity index (χ1n) is 10.2. The summed E-state index contributed by atoms with van der Waals surface area (Å²) in [7, 11) is -1.99. The van der Waals surface area contributed by atoms with Crippen LogP contribution < -0.4 is 4.74 Å². The van der Waals surface area contributed by atoms with Crippen molar-refractivity contribution in [3.63, 3.8) is 0 Å². The van der Waals surface area contributed by atoms with Crippen LogP contribution in [0.15, 0.2) is 53.8 Å². The predicted octanol–water partition coefficient (Wildman–Crippen LogP) is 4.68. The number of methoxy groups -OCH3 is 1. The SMILES string of the molecule is CCS(=O)(=O)c1ccc(-c2cc(-c3cnnc4c3ncn4C(C)C)ccc2F)c(OC)c1. The van der Waals surface area contributed by atoms with Crippen LogP contribution in [0.5, 0.6) is 5.75 Å². The second-order valence-corrected chi connectivity index (χ2v) is 9.91. The number of rotatable bonds is 6. The summed E-state index contributed by atoms with van der Waals surface area (Å²) >= 11 is 0. The van der Waals surface area contributed by atoms with E-state index in [1.807, 2.05) is 18.4 Å². The highest BCUT2D eigenvalue weighted by atomic mass is 32.2. The van der Waals surface area contributed by atoms with Gasteiger partial charge in [0, 0.05) is 22.7 Å². The van der Waals surface area contributed by atoms with Gasteiger partial charge in [-0.2, -0.15) is 5.10 Å². The number of hydrogen-bond donors (Lipinski definition) is 0. The predicted molar refractivity (Wildman–Crippen MR) is 121 cm³/mol. The largest absolute Gasteiger partial charge is 0.496 e. The van der Waals surface area contributed by atoms with Crippen molar-refractivity contribution in [2.24, 2.45) is 0 Å². The van der Waals surface area contributed by atoms with Gasteiger partial charge in [-0.3, -0.25) is 0 Å². The standard InChI is InChI=1S/C23H23FN4O3S/c1-5-32(29,30)16-7-8-17(21(11-16)31-4)18-10-15(6-9-20(18)24)19-12-26-27-23-22(19)25-13-28(23)14(2)3/h6-14H,5H2,1-4H3. The highest BCUT2D eigenvalue weighted by molar-refractivity contribution is 7.91. The van der Waals surface area contributed by atoms with Gasteiger partial charge in [0.1, 0.15) is 17.1 Å². The van der Waals surface area contributed by atoms with Crippen molar-refractivity contribution >= 4 is 21.0 Å². The first-order chi connectivity index (χ1) is 15.3. The number of halogens is 1. The first kappa shape index (κ1) is 21.9. The number of ether oxygens (including phenoxy) is 1. The lowest BCUT2D eigenvalue weighted by molar-refractivity contribution is 0.415. The van der Waals surface area contributed by atoms with E-state index in [1.54, 1.807) is 37.6 Å². The van der Waals surface area contributed by atoms with Crippen LogP contribution in [-0.4, -0.2) is 41.0 Å². The molecule has 4 aromatic rings. The molecule has 9 heteroatoms. The molecule has 0 saturated heterocycles. The lowest BCUT2D eigenvalue weighted by atomic mass is 9.98. The minimum Gasteiger partial charge on any atom is -0.496 e. The average molecular weight is 455 g/mol. The summed E-state index contributed by atoms with van der Waals surface area (Å²) in [4.78, 5) is 4.63. The number of sulfone groups is 1. The molecule has 0 atom stereocenters. The van der Waals surface area contributed by atoms with Gasteiger partial charge in [0.25, 0.3) is 0 Å². The average Bonchev–Trinajstić information content (AvgIpc) is 3.24. The molecule has 166 valence electrons. The summed E-state index contributed by atoms with van der Waals surface area (Å²) in [6.07, 6.45) is 3.32. The van der Waals surface area contributed by atoms with E-state index in [4.69, 9.17) is 4.74 Å². The molecule has 0 aliphatic carbocycles. The van der Waals surface area contributed by atoms with Gasteiger partial charge in [0.2, 0.25) is 0 Å². The van der Waals surface area contributed by atoms with Crippen molar-refractivity contribution < 1.29 is 17.5 Å². The topological polar surface area (TPSA) is 87.0 Å². The molecule has 7 nitrogen and oxygen atoms in total. The van der Waals surface area contributed by atoms with Crippen molar-refractivity contribution in [3.8, 4) is 28.0 Å². The van der Waals surface area contributed by atoms with Crippen LogP contribution in [0.3, 0.4) is 0 Å². The van der Waals surface area contributed by atoms with Crippen LogP contribution in [0.4, 0.5) is 4.39 Å². The Balaban J connectivity index is 1.88. The van der Waals surface area contributed by atoms with Gasteiger partial charge in [0.15, 0.2) is 15.5 Å².